The molecule has 0 aliphatic carbocycles. The predicted octanol–water partition coefficient (Wildman–Crippen LogP) is 1.08. The smallest absolute Gasteiger partial charge is 0.244 e. The van der Waals surface area contributed by atoms with Crippen LogP contribution in [-0.4, -0.2) is 32.6 Å². The van der Waals surface area contributed by atoms with E-state index in [4.69, 9.17) is 5.73 Å². The first kappa shape index (κ1) is 14.0. The van der Waals surface area contributed by atoms with Crippen LogP contribution in [0.4, 0.5) is 5.95 Å². The van der Waals surface area contributed by atoms with Gasteiger partial charge < -0.3 is 10.6 Å². The summed E-state index contributed by atoms with van der Waals surface area (Å²) in [5, 5.41) is 3.90. The van der Waals surface area contributed by atoms with Gasteiger partial charge >= 0.3 is 0 Å². The Kier molecular flexibility index (Phi) is 4.34. The lowest BCUT2D eigenvalue weighted by Crippen LogP contribution is -2.30. The van der Waals surface area contributed by atoms with E-state index >= 15 is 0 Å². The third-order valence-corrected chi connectivity index (χ3v) is 3.13. The molecule has 1 aromatic carbocycles. The monoisotopic (exact) mass is 273 g/mol. The maximum absolute atomic E-state index is 12.0. The molecular formula is C14H19N5O. The summed E-state index contributed by atoms with van der Waals surface area (Å²) in [6.45, 7) is 2.84. The summed E-state index contributed by atoms with van der Waals surface area (Å²) in [5.41, 5.74) is 7.81. The van der Waals surface area contributed by atoms with E-state index in [1.807, 2.05) is 0 Å². The molecular weight excluding hydrogens is 254 g/mol. The fraction of sp³-hybridized carbons (Fsp3) is 0.357. The lowest BCUT2D eigenvalue weighted by Gasteiger charge is -2.17. The third-order valence-electron chi connectivity index (χ3n) is 3.13. The van der Waals surface area contributed by atoms with Gasteiger partial charge in [-0.15, -0.1) is 5.10 Å². The average molecular weight is 273 g/mol. The molecule has 20 heavy (non-hydrogen) atoms. The molecule has 0 fully saturated rings. The van der Waals surface area contributed by atoms with Crippen LogP contribution in [0.1, 0.15) is 18.1 Å². The van der Waals surface area contributed by atoms with Crippen molar-refractivity contribution < 1.29 is 4.79 Å². The summed E-state index contributed by atoms with van der Waals surface area (Å²) in [4.78, 5) is 17.5. The van der Waals surface area contributed by atoms with Crippen molar-refractivity contribution in [2.75, 3.05) is 12.8 Å². The van der Waals surface area contributed by atoms with Gasteiger partial charge in [-0.05, 0) is 17.5 Å². The minimum Gasteiger partial charge on any atom is -0.367 e. The first-order valence-electron chi connectivity index (χ1n) is 6.55. The van der Waals surface area contributed by atoms with Crippen molar-refractivity contribution >= 4 is 11.9 Å². The largest absolute Gasteiger partial charge is 0.367 e. The van der Waals surface area contributed by atoms with Gasteiger partial charge in [0.25, 0.3) is 0 Å². The highest BCUT2D eigenvalue weighted by molar-refractivity contribution is 5.75. The summed E-state index contributed by atoms with van der Waals surface area (Å²) in [7, 11) is 1.77. The molecule has 0 aliphatic heterocycles. The predicted molar refractivity (Wildman–Crippen MR) is 76.7 cm³/mol. The summed E-state index contributed by atoms with van der Waals surface area (Å²) in [6, 6.07) is 8.28. The lowest BCUT2D eigenvalue weighted by atomic mass is 10.1. The van der Waals surface area contributed by atoms with E-state index in [0.29, 0.717) is 6.54 Å². The normalized spacial score (nSPS) is 10.5. The van der Waals surface area contributed by atoms with Gasteiger partial charge in [-0.3, -0.25) is 4.79 Å². The second-order valence-corrected chi connectivity index (χ2v) is 4.72. The zero-order valence-electron chi connectivity index (χ0n) is 11.8. The van der Waals surface area contributed by atoms with Gasteiger partial charge in [0.2, 0.25) is 11.9 Å². The minimum atomic E-state index is -0.0329. The Balaban J connectivity index is 1.92. The standard InChI is InChI=1S/C14H19N5O/c1-3-11-4-6-12(7-5-11)8-18(2)13(20)9-19-10-16-14(15)17-19/h4-7,10H,3,8-9H2,1-2H3,(H2,15,17). The van der Waals surface area contributed by atoms with Crippen molar-refractivity contribution in [3.8, 4) is 0 Å². The Morgan fingerprint density at radius 2 is 1.95 bits per heavy atom. The topological polar surface area (TPSA) is 77.0 Å². The number of rotatable bonds is 5. The van der Waals surface area contributed by atoms with E-state index in [2.05, 4.69) is 41.3 Å². The first-order chi connectivity index (χ1) is 9.58. The summed E-state index contributed by atoms with van der Waals surface area (Å²) >= 11 is 0. The fourth-order valence-corrected chi connectivity index (χ4v) is 1.89. The molecule has 0 aliphatic rings. The van der Waals surface area contributed by atoms with Crippen LogP contribution < -0.4 is 5.73 Å². The summed E-state index contributed by atoms with van der Waals surface area (Å²) in [6.07, 6.45) is 2.47. The maximum Gasteiger partial charge on any atom is 0.244 e. The highest BCUT2D eigenvalue weighted by Crippen LogP contribution is 2.07. The molecule has 2 rings (SSSR count). The Hall–Kier alpha value is -2.37. The first-order valence-corrected chi connectivity index (χ1v) is 6.55. The molecule has 2 aromatic rings. The number of likely N-dealkylation sites (N-methyl/N-ethyl adjacent to an activating group) is 1. The molecule has 1 heterocycles. The number of aryl methyl sites for hydroxylation is 1. The van der Waals surface area contributed by atoms with Crippen molar-refractivity contribution in [1.82, 2.24) is 19.7 Å². The fourth-order valence-electron chi connectivity index (χ4n) is 1.89. The number of aromatic nitrogens is 3. The number of carbonyl (C=O) groups is 1. The molecule has 0 unspecified atom stereocenters. The van der Waals surface area contributed by atoms with Crippen molar-refractivity contribution in [2.24, 2.45) is 0 Å². The second-order valence-electron chi connectivity index (χ2n) is 4.72. The van der Waals surface area contributed by atoms with Crippen molar-refractivity contribution in [2.45, 2.75) is 26.4 Å². The van der Waals surface area contributed by atoms with Gasteiger partial charge in [0.05, 0.1) is 0 Å². The van der Waals surface area contributed by atoms with Crippen LogP contribution in [0.3, 0.4) is 0 Å². The second kappa shape index (κ2) is 6.18. The van der Waals surface area contributed by atoms with Gasteiger partial charge in [0.1, 0.15) is 12.9 Å². The molecule has 0 radical (unpaired) electrons. The van der Waals surface area contributed by atoms with E-state index in [1.165, 1.54) is 16.6 Å². The number of amides is 1. The van der Waals surface area contributed by atoms with Crippen molar-refractivity contribution in [3.63, 3.8) is 0 Å². The van der Waals surface area contributed by atoms with E-state index in [9.17, 15) is 4.79 Å². The molecule has 0 saturated carbocycles. The van der Waals surface area contributed by atoms with Gasteiger partial charge in [-0.25, -0.2) is 9.67 Å². The van der Waals surface area contributed by atoms with Crippen LogP contribution in [0.15, 0.2) is 30.6 Å². The molecule has 0 spiro atoms. The molecule has 6 heteroatoms. The Morgan fingerprint density at radius 1 is 1.30 bits per heavy atom. The van der Waals surface area contributed by atoms with Crippen molar-refractivity contribution in [1.29, 1.82) is 0 Å². The zero-order chi connectivity index (χ0) is 14.5. The van der Waals surface area contributed by atoms with E-state index in [0.717, 1.165) is 12.0 Å². The van der Waals surface area contributed by atoms with Crippen LogP contribution in [0.2, 0.25) is 0 Å². The van der Waals surface area contributed by atoms with Gasteiger partial charge in [-0.1, -0.05) is 31.2 Å². The van der Waals surface area contributed by atoms with Crippen LogP contribution in [0.5, 0.6) is 0 Å². The van der Waals surface area contributed by atoms with Gasteiger partial charge in [-0.2, -0.15) is 0 Å². The Labute approximate surface area is 118 Å². The quantitative estimate of drug-likeness (QED) is 0.884. The summed E-state index contributed by atoms with van der Waals surface area (Å²) in [5.74, 6) is 0.144. The SMILES string of the molecule is CCc1ccc(CN(C)C(=O)Cn2cnc(N)n2)cc1. The number of hydrogen-bond acceptors (Lipinski definition) is 4. The molecule has 0 saturated heterocycles. The van der Waals surface area contributed by atoms with E-state index in [-0.39, 0.29) is 18.4 Å². The number of anilines is 1. The molecule has 2 N–H and O–H groups in total. The molecule has 6 nitrogen and oxygen atoms in total. The van der Waals surface area contributed by atoms with Gasteiger partial charge in [0.15, 0.2) is 0 Å². The molecule has 0 atom stereocenters. The Morgan fingerprint density at radius 3 is 2.50 bits per heavy atom. The third kappa shape index (κ3) is 3.57. The highest BCUT2D eigenvalue weighted by atomic mass is 16.2. The number of benzene rings is 1. The number of nitrogens with two attached hydrogens (primary N) is 1. The summed E-state index contributed by atoms with van der Waals surface area (Å²) < 4.78 is 1.44. The van der Waals surface area contributed by atoms with Crippen LogP contribution in [0, 0.1) is 0 Å². The zero-order valence-corrected chi connectivity index (χ0v) is 11.8. The van der Waals surface area contributed by atoms with E-state index in [1.54, 1.807) is 11.9 Å². The van der Waals surface area contributed by atoms with Gasteiger partial charge in [0, 0.05) is 13.6 Å². The number of nitrogen functional groups attached to an aromatic ring is 1. The van der Waals surface area contributed by atoms with Crippen LogP contribution >= 0.6 is 0 Å². The maximum atomic E-state index is 12.0. The molecule has 1 aromatic heterocycles. The minimum absolute atomic E-state index is 0.0329. The van der Waals surface area contributed by atoms with Crippen LogP contribution in [0.25, 0.3) is 0 Å². The number of hydrogen-bond donors (Lipinski definition) is 1. The Bertz CT molecular complexity index is 576. The highest BCUT2D eigenvalue weighted by Gasteiger charge is 2.11. The molecule has 106 valence electrons. The molecule has 1 amide bonds. The average Bonchev–Trinajstić information content (AvgIpc) is 2.85. The number of nitrogens with zero attached hydrogens (tertiary/aromatic N) is 4. The van der Waals surface area contributed by atoms with Crippen molar-refractivity contribution in [3.05, 3.63) is 41.7 Å². The number of carbonyl (C=O) groups excluding carboxylic acids is 1. The molecule has 0 bridgehead atoms. The lowest BCUT2D eigenvalue weighted by molar-refractivity contribution is -0.131. The van der Waals surface area contributed by atoms with E-state index < -0.39 is 0 Å². The van der Waals surface area contributed by atoms with Crippen LogP contribution in [-0.2, 0) is 24.3 Å².